The van der Waals surface area contributed by atoms with Crippen molar-refractivity contribution in [3.05, 3.63) is 70.6 Å². The summed E-state index contributed by atoms with van der Waals surface area (Å²) in [6.45, 7) is 8.07. The third kappa shape index (κ3) is 5.10. The highest BCUT2D eigenvalue weighted by Crippen LogP contribution is 2.30. The first-order valence-electron chi connectivity index (χ1n) is 8.22. The zero-order valence-electron chi connectivity index (χ0n) is 14.7. The molecule has 1 radical (unpaired) electrons. The van der Waals surface area contributed by atoms with Crippen molar-refractivity contribution in [1.29, 1.82) is 0 Å². The molecule has 2 nitrogen and oxygen atoms in total. The number of benzene rings is 2. The standard InChI is InChI=1S/C21H24ClO2/c1-14(2)13-20(16-5-9-18(22)10-6-16)21(23)17-7-11-19(12-8-17)24-15(3)4/h5-12,15,20H,13H2,1-4H3. The number of halogens is 1. The third-order valence-electron chi connectivity index (χ3n) is 3.71. The van der Waals surface area contributed by atoms with Gasteiger partial charge in [0, 0.05) is 16.5 Å². The molecule has 2 rings (SSSR count). The average molecular weight is 344 g/mol. The Hall–Kier alpha value is -1.80. The Labute approximate surface area is 149 Å². The van der Waals surface area contributed by atoms with E-state index in [1.165, 1.54) is 5.92 Å². The molecular weight excluding hydrogens is 320 g/mol. The van der Waals surface area contributed by atoms with Crippen molar-refractivity contribution in [3.63, 3.8) is 0 Å². The molecule has 0 bridgehead atoms. The third-order valence-corrected chi connectivity index (χ3v) is 3.96. The monoisotopic (exact) mass is 343 g/mol. The van der Waals surface area contributed by atoms with Gasteiger partial charge in [0.1, 0.15) is 5.75 Å². The Bertz CT molecular complexity index is 657. The summed E-state index contributed by atoms with van der Waals surface area (Å²) in [5.74, 6) is 1.93. The van der Waals surface area contributed by atoms with Gasteiger partial charge in [0.15, 0.2) is 5.78 Å². The van der Waals surface area contributed by atoms with Crippen LogP contribution in [-0.2, 0) is 0 Å². The van der Waals surface area contributed by atoms with Crippen molar-refractivity contribution in [3.8, 4) is 5.75 Å². The van der Waals surface area contributed by atoms with E-state index in [4.69, 9.17) is 16.3 Å². The van der Waals surface area contributed by atoms with E-state index in [2.05, 4.69) is 13.8 Å². The van der Waals surface area contributed by atoms with Gasteiger partial charge >= 0.3 is 0 Å². The molecule has 0 spiro atoms. The van der Waals surface area contributed by atoms with Crippen molar-refractivity contribution >= 4 is 17.4 Å². The summed E-state index contributed by atoms with van der Waals surface area (Å²) in [6, 6.07) is 14.9. The van der Waals surface area contributed by atoms with Crippen LogP contribution in [0.1, 0.15) is 56.0 Å². The van der Waals surface area contributed by atoms with Crippen molar-refractivity contribution in [2.24, 2.45) is 0 Å². The lowest BCUT2D eigenvalue weighted by Crippen LogP contribution is -2.15. The molecule has 0 saturated carbocycles. The summed E-state index contributed by atoms with van der Waals surface area (Å²) in [5, 5.41) is 0.678. The van der Waals surface area contributed by atoms with E-state index in [9.17, 15) is 4.79 Å². The number of hydrogen-bond donors (Lipinski definition) is 0. The Balaban J connectivity index is 2.25. The summed E-state index contributed by atoms with van der Waals surface area (Å²) >= 11 is 5.97. The van der Waals surface area contributed by atoms with Crippen LogP contribution in [-0.4, -0.2) is 11.9 Å². The second-order valence-electron chi connectivity index (χ2n) is 6.57. The van der Waals surface area contributed by atoms with E-state index in [0.29, 0.717) is 10.6 Å². The van der Waals surface area contributed by atoms with Crippen LogP contribution in [0.2, 0.25) is 5.02 Å². The maximum Gasteiger partial charge on any atom is 0.170 e. The summed E-state index contributed by atoms with van der Waals surface area (Å²) in [4.78, 5) is 13.0. The van der Waals surface area contributed by atoms with Gasteiger partial charge in [-0.3, -0.25) is 4.79 Å². The molecule has 2 aromatic carbocycles. The van der Waals surface area contributed by atoms with Gasteiger partial charge < -0.3 is 4.74 Å². The quantitative estimate of drug-likeness (QED) is 0.568. The molecule has 1 unspecified atom stereocenters. The predicted molar refractivity (Wildman–Crippen MR) is 99.9 cm³/mol. The minimum Gasteiger partial charge on any atom is -0.491 e. The number of carbonyl (C=O) groups excluding carboxylic acids is 1. The van der Waals surface area contributed by atoms with E-state index in [1.54, 1.807) is 0 Å². The van der Waals surface area contributed by atoms with Crippen LogP contribution in [0.3, 0.4) is 0 Å². The SMILES string of the molecule is C[C](C)CC(C(=O)c1ccc(OC(C)C)cc1)c1ccc(Cl)cc1. The van der Waals surface area contributed by atoms with E-state index in [1.807, 2.05) is 62.4 Å². The van der Waals surface area contributed by atoms with Crippen molar-refractivity contribution in [2.75, 3.05) is 0 Å². The summed E-state index contributed by atoms with van der Waals surface area (Å²) in [5.41, 5.74) is 1.69. The number of ether oxygens (including phenoxy) is 1. The van der Waals surface area contributed by atoms with Gasteiger partial charge in [0.05, 0.1) is 6.10 Å². The highest BCUT2D eigenvalue weighted by molar-refractivity contribution is 6.30. The van der Waals surface area contributed by atoms with Crippen LogP contribution in [0.4, 0.5) is 0 Å². The first kappa shape index (κ1) is 18.5. The van der Waals surface area contributed by atoms with E-state index in [0.717, 1.165) is 17.7 Å². The van der Waals surface area contributed by atoms with Crippen LogP contribution in [0, 0.1) is 5.92 Å². The molecule has 24 heavy (non-hydrogen) atoms. The van der Waals surface area contributed by atoms with E-state index < -0.39 is 0 Å². The fourth-order valence-corrected chi connectivity index (χ4v) is 2.76. The van der Waals surface area contributed by atoms with Crippen LogP contribution in [0.25, 0.3) is 0 Å². The number of Topliss-reactive ketones (excluding diaryl/α,β-unsaturated/α-hetero) is 1. The highest BCUT2D eigenvalue weighted by Gasteiger charge is 2.23. The minimum absolute atomic E-state index is 0.116. The Morgan fingerprint density at radius 1 is 1.00 bits per heavy atom. The van der Waals surface area contributed by atoms with E-state index >= 15 is 0 Å². The molecule has 0 heterocycles. The van der Waals surface area contributed by atoms with Gasteiger partial charge in [-0.2, -0.15) is 0 Å². The Kier molecular flexibility index (Phi) is 6.44. The lowest BCUT2D eigenvalue weighted by Gasteiger charge is -2.19. The average Bonchev–Trinajstić information content (AvgIpc) is 2.53. The highest BCUT2D eigenvalue weighted by atomic mass is 35.5. The first-order valence-corrected chi connectivity index (χ1v) is 8.60. The fourth-order valence-electron chi connectivity index (χ4n) is 2.64. The molecule has 0 saturated heterocycles. The van der Waals surface area contributed by atoms with Gasteiger partial charge in [-0.1, -0.05) is 37.6 Å². The number of rotatable bonds is 7. The minimum atomic E-state index is -0.191. The first-order chi connectivity index (χ1) is 11.4. The maximum absolute atomic E-state index is 13.0. The Morgan fingerprint density at radius 2 is 1.58 bits per heavy atom. The zero-order chi connectivity index (χ0) is 17.7. The predicted octanol–water partition coefficient (Wildman–Crippen LogP) is 6.10. The van der Waals surface area contributed by atoms with Gasteiger partial charge in [0.2, 0.25) is 0 Å². The van der Waals surface area contributed by atoms with Crippen LogP contribution >= 0.6 is 11.6 Å². The summed E-state index contributed by atoms with van der Waals surface area (Å²) in [6.07, 6.45) is 0.843. The Morgan fingerprint density at radius 3 is 2.08 bits per heavy atom. The van der Waals surface area contributed by atoms with Gasteiger partial charge in [-0.15, -0.1) is 0 Å². The fraction of sp³-hybridized carbons (Fsp3) is 0.333. The maximum atomic E-state index is 13.0. The molecule has 3 heteroatoms. The number of ketones is 1. The zero-order valence-corrected chi connectivity index (χ0v) is 15.4. The van der Waals surface area contributed by atoms with Crippen LogP contribution in [0.5, 0.6) is 5.75 Å². The molecule has 0 aliphatic heterocycles. The van der Waals surface area contributed by atoms with Gasteiger partial charge in [-0.25, -0.2) is 0 Å². The molecule has 2 aromatic rings. The lowest BCUT2D eigenvalue weighted by molar-refractivity contribution is 0.0956. The van der Waals surface area contributed by atoms with Crippen molar-refractivity contribution < 1.29 is 9.53 Å². The molecule has 0 aliphatic rings. The van der Waals surface area contributed by atoms with Crippen molar-refractivity contribution in [2.45, 2.75) is 46.1 Å². The summed E-state index contributed by atoms with van der Waals surface area (Å²) in [7, 11) is 0. The summed E-state index contributed by atoms with van der Waals surface area (Å²) < 4.78 is 5.64. The van der Waals surface area contributed by atoms with Crippen molar-refractivity contribution in [1.82, 2.24) is 0 Å². The van der Waals surface area contributed by atoms with Gasteiger partial charge in [-0.05, 0) is 68.1 Å². The topological polar surface area (TPSA) is 26.3 Å². The molecule has 0 amide bonds. The number of carbonyl (C=O) groups is 1. The molecule has 0 aromatic heterocycles. The van der Waals surface area contributed by atoms with Crippen LogP contribution in [0.15, 0.2) is 48.5 Å². The normalized spacial score (nSPS) is 12.5. The molecular formula is C21H24ClO2. The van der Waals surface area contributed by atoms with E-state index in [-0.39, 0.29) is 17.8 Å². The lowest BCUT2D eigenvalue weighted by atomic mass is 9.84. The van der Waals surface area contributed by atoms with Gasteiger partial charge in [0.25, 0.3) is 0 Å². The van der Waals surface area contributed by atoms with Crippen LogP contribution < -0.4 is 4.74 Å². The largest absolute Gasteiger partial charge is 0.491 e. The molecule has 127 valence electrons. The molecule has 0 aliphatic carbocycles. The second kappa shape index (κ2) is 8.34. The molecule has 0 N–H and O–H groups in total. The molecule has 1 atom stereocenters. The second-order valence-corrected chi connectivity index (χ2v) is 7.01. The smallest absolute Gasteiger partial charge is 0.170 e. The molecule has 0 fully saturated rings. The number of hydrogen-bond acceptors (Lipinski definition) is 2.